The summed E-state index contributed by atoms with van der Waals surface area (Å²) in [5, 5.41) is 20.6. The van der Waals surface area contributed by atoms with Crippen LogP contribution in [0.2, 0.25) is 0 Å². The molecular formula is C13H16N4O3. The minimum Gasteiger partial charge on any atom is -0.396 e. The van der Waals surface area contributed by atoms with Crippen LogP contribution in [0.15, 0.2) is 24.4 Å². The molecule has 0 bridgehead atoms. The summed E-state index contributed by atoms with van der Waals surface area (Å²) in [5.41, 5.74) is 0.570. The van der Waals surface area contributed by atoms with Gasteiger partial charge in [-0.25, -0.2) is 0 Å². The molecule has 1 atom stereocenters. The van der Waals surface area contributed by atoms with Crippen LogP contribution in [-0.2, 0) is 0 Å². The molecule has 0 spiro atoms. The molecule has 0 radical (unpaired) electrons. The quantitative estimate of drug-likeness (QED) is 0.677. The Balaban J connectivity index is 2.06. The van der Waals surface area contributed by atoms with Gasteiger partial charge in [0.15, 0.2) is 0 Å². The van der Waals surface area contributed by atoms with E-state index in [0.29, 0.717) is 18.0 Å². The van der Waals surface area contributed by atoms with Crippen LogP contribution < -0.4 is 4.90 Å². The Morgan fingerprint density at radius 2 is 2.35 bits per heavy atom. The number of rotatable bonds is 3. The fraction of sp³-hybridized carbons (Fsp3) is 0.462. The predicted octanol–water partition coefficient (Wildman–Crippen LogP) is 1.45. The maximum absolute atomic E-state index is 11.4. The largest absolute Gasteiger partial charge is 0.396 e. The number of aromatic nitrogens is 2. The van der Waals surface area contributed by atoms with Gasteiger partial charge in [-0.3, -0.25) is 0 Å². The Labute approximate surface area is 115 Å². The lowest BCUT2D eigenvalue weighted by atomic mass is 9.99. The van der Waals surface area contributed by atoms with Gasteiger partial charge in [0.1, 0.15) is 0 Å². The van der Waals surface area contributed by atoms with Crippen molar-refractivity contribution < 1.29 is 10.0 Å². The van der Waals surface area contributed by atoms with Crippen LogP contribution in [0.25, 0.3) is 5.65 Å². The Bertz CT molecular complexity index is 640. The third-order valence-corrected chi connectivity index (χ3v) is 3.74. The highest BCUT2D eigenvalue weighted by Crippen LogP contribution is 2.31. The molecule has 1 N–H and O–H groups in total. The van der Waals surface area contributed by atoms with E-state index >= 15 is 0 Å². The van der Waals surface area contributed by atoms with E-state index in [1.54, 1.807) is 18.3 Å². The normalized spacial score (nSPS) is 19.4. The van der Waals surface area contributed by atoms with Gasteiger partial charge in [0.05, 0.1) is 6.20 Å². The monoisotopic (exact) mass is 276 g/mol. The van der Waals surface area contributed by atoms with E-state index in [4.69, 9.17) is 0 Å². The van der Waals surface area contributed by atoms with Crippen molar-refractivity contribution in [2.75, 3.05) is 24.6 Å². The Hall–Kier alpha value is -2.15. The second kappa shape index (κ2) is 5.09. The average molecular weight is 276 g/mol. The van der Waals surface area contributed by atoms with E-state index in [1.807, 2.05) is 11.0 Å². The Morgan fingerprint density at radius 3 is 3.10 bits per heavy atom. The molecule has 1 saturated heterocycles. The number of pyridine rings is 1. The van der Waals surface area contributed by atoms with E-state index in [1.165, 1.54) is 4.40 Å². The zero-order valence-corrected chi connectivity index (χ0v) is 11.0. The number of imidazole rings is 1. The van der Waals surface area contributed by atoms with Crippen LogP contribution in [0.3, 0.4) is 0 Å². The summed E-state index contributed by atoms with van der Waals surface area (Å²) < 4.78 is 1.50. The van der Waals surface area contributed by atoms with Gasteiger partial charge in [-0.05, 0) is 29.7 Å². The zero-order valence-electron chi connectivity index (χ0n) is 11.0. The number of fused-ring (bicyclic) bond motifs is 1. The first-order valence-electron chi connectivity index (χ1n) is 6.68. The van der Waals surface area contributed by atoms with Crippen molar-refractivity contribution in [1.29, 1.82) is 0 Å². The van der Waals surface area contributed by atoms with E-state index < -0.39 is 4.92 Å². The number of nitro groups is 1. The molecule has 20 heavy (non-hydrogen) atoms. The van der Waals surface area contributed by atoms with Gasteiger partial charge >= 0.3 is 5.82 Å². The van der Waals surface area contributed by atoms with Gasteiger partial charge in [0.25, 0.3) is 0 Å². The summed E-state index contributed by atoms with van der Waals surface area (Å²) in [4.78, 5) is 17.3. The van der Waals surface area contributed by atoms with Crippen molar-refractivity contribution in [1.82, 2.24) is 9.38 Å². The van der Waals surface area contributed by atoms with Crippen LogP contribution in [0, 0.1) is 16.0 Å². The van der Waals surface area contributed by atoms with Crippen molar-refractivity contribution in [3.63, 3.8) is 0 Å². The maximum atomic E-state index is 11.4. The van der Waals surface area contributed by atoms with Crippen molar-refractivity contribution >= 4 is 17.3 Å². The summed E-state index contributed by atoms with van der Waals surface area (Å²) in [7, 11) is 0. The summed E-state index contributed by atoms with van der Waals surface area (Å²) >= 11 is 0. The number of piperidine rings is 1. The van der Waals surface area contributed by atoms with Crippen molar-refractivity contribution in [2.24, 2.45) is 5.92 Å². The number of anilines is 1. The minimum absolute atomic E-state index is 0.000750. The highest BCUT2D eigenvalue weighted by atomic mass is 16.6. The lowest BCUT2D eigenvalue weighted by molar-refractivity contribution is -0.389. The van der Waals surface area contributed by atoms with Crippen LogP contribution >= 0.6 is 0 Å². The van der Waals surface area contributed by atoms with Crippen LogP contribution in [0.1, 0.15) is 12.8 Å². The van der Waals surface area contributed by atoms with Gasteiger partial charge in [-0.15, -0.1) is 0 Å². The van der Waals surface area contributed by atoms with E-state index in [2.05, 4.69) is 4.98 Å². The minimum atomic E-state index is -0.391. The molecule has 106 valence electrons. The average Bonchev–Trinajstić information content (AvgIpc) is 2.87. The highest BCUT2D eigenvalue weighted by Gasteiger charge is 2.30. The Kier molecular flexibility index (Phi) is 3.27. The lowest BCUT2D eigenvalue weighted by Crippen LogP contribution is -2.37. The van der Waals surface area contributed by atoms with Gasteiger partial charge in [-0.1, -0.05) is 6.07 Å². The fourth-order valence-electron chi connectivity index (χ4n) is 2.76. The molecule has 0 amide bonds. The second-order valence-electron chi connectivity index (χ2n) is 5.08. The molecule has 1 aliphatic heterocycles. The predicted molar refractivity (Wildman–Crippen MR) is 73.9 cm³/mol. The topological polar surface area (TPSA) is 83.9 Å². The first-order chi connectivity index (χ1) is 9.70. The number of aliphatic hydroxyl groups is 1. The number of hydrogen-bond acceptors (Lipinski definition) is 5. The molecule has 0 unspecified atom stereocenters. The fourth-order valence-corrected chi connectivity index (χ4v) is 2.76. The molecule has 3 heterocycles. The van der Waals surface area contributed by atoms with Gasteiger partial charge in [0, 0.05) is 25.8 Å². The van der Waals surface area contributed by atoms with E-state index in [-0.39, 0.29) is 18.3 Å². The molecule has 0 aliphatic carbocycles. The summed E-state index contributed by atoms with van der Waals surface area (Å²) in [6.45, 7) is 1.46. The maximum Gasteiger partial charge on any atom is 0.372 e. The van der Waals surface area contributed by atoms with E-state index in [0.717, 1.165) is 19.4 Å². The van der Waals surface area contributed by atoms with Crippen molar-refractivity contribution in [3.8, 4) is 0 Å². The number of hydrogen-bond donors (Lipinski definition) is 1. The smallest absolute Gasteiger partial charge is 0.372 e. The third kappa shape index (κ3) is 2.09. The van der Waals surface area contributed by atoms with Gasteiger partial charge in [-0.2, -0.15) is 9.38 Å². The molecule has 1 aliphatic rings. The van der Waals surface area contributed by atoms with Crippen LogP contribution in [-0.4, -0.2) is 39.1 Å². The molecule has 0 saturated carbocycles. The lowest BCUT2D eigenvalue weighted by Gasteiger charge is -2.31. The number of aliphatic hydroxyl groups excluding tert-OH is 1. The van der Waals surface area contributed by atoms with Crippen molar-refractivity contribution in [2.45, 2.75) is 12.8 Å². The second-order valence-corrected chi connectivity index (χ2v) is 5.08. The molecule has 0 aromatic carbocycles. The molecular weight excluding hydrogens is 260 g/mol. The molecule has 1 fully saturated rings. The highest BCUT2D eigenvalue weighted by molar-refractivity contribution is 5.63. The Morgan fingerprint density at radius 1 is 1.50 bits per heavy atom. The van der Waals surface area contributed by atoms with Crippen molar-refractivity contribution in [3.05, 3.63) is 34.5 Å². The first kappa shape index (κ1) is 12.9. The summed E-state index contributed by atoms with van der Waals surface area (Å²) in [6, 6.07) is 5.31. The molecule has 7 nitrogen and oxygen atoms in total. The molecule has 2 aromatic rings. The SMILES string of the molecule is O=[N+]([O-])c1c(N2CCC[C@@H](CO)C2)nc2ccccn12. The van der Waals surface area contributed by atoms with E-state index in [9.17, 15) is 15.2 Å². The van der Waals surface area contributed by atoms with Crippen LogP contribution in [0.4, 0.5) is 11.6 Å². The van der Waals surface area contributed by atoms with Crippen LogP contribution in [0.5, 0.6) is 0 Å². The number of nitrogens with zero attached hydrogens (tertiary/aromatic N) is 4. The standard InChI is InChI=1S/C13H16N4O3/c18-9-10-4-3-6-15(8-10)12-13(17(19)20)16-7-2-1-5-11(16)14-12/h1-2,5,7,10,18H,3-4,6,8-9H2/t10-/m1/s1. The molecule has 2 aromatic heterocycles. The summed E-state index contributed by atoms with van der Waals surface area (Å²) in [6.07, 6.45) is 3.52. The zero-order chi connectivity index (χ0) is 14.1. The molecule has 7 heteroatoms. The first-order valence-corrected chi connectivity index (χ1v) is 6.68. The third-order valence-electron chi connectivity index (χ3n) is 3.74. The summed E-state index contributed by atoms with van der Waals surface area (Å²) in [5.74, 6) is 0.562. The molecule has 3 rings (SSSR count). The van der Waals surface area contributed by atoms with Gasteiger partial charge < -0.3 is 20.1 Å². The van der Waals surface area contributed by atoms with Gasteiger partial charge in [0.2, 0.25) is 11.5 Å².